The minimum atomic E-state index is 0.805. The Labute approximate surface area is 95.4 Å². The van der Waals surface area contributed by atoms with E-state index in [1.165, 1.54) is 5.56 Å². The van der Waals surface area contributed by atoms with Crippen molar-refractivity contribution in [1.82, 2.24) is 14.5 Å². The molecule has 0 bridgehead atoms. The summed E-state index contributed by atoms with van der Waals surface area (Å²) < 4.78 is 2.04. The minimum Gasteiger partial charge on any atom is -0.370 e. The third-order valence-corrected chi connectivity index (χ3v) is 2.35. The number of pyridine rings is 1. The summed E-state index contributed by atoms with van der Waals surface area (Å²) in [5, 5.41) is 3.33. The second-order valence-electron chi connectivity index (χ2n) is 3.67. The fourth-order valence-corrected chi connectivity index (χ4v) is 1.55. The number of imidazole rings is 1. The molecule has 0 saturated carbocycles. The van der Waals surface area contributed by atoms with Gasteiger partial charge in [0, 0.05) is 30.7 Å². The molecule has 0 aliphatic carbocycles. The Hall–Kier alpha value is -1.84. The van der Waals surface area contributed by atoms with Gasteiger partial charge < -0.3 is 9.88 Å². The molecule has 0 fully saturated rings. The summed E-state index contributed by atoms with van der Waals surface area (Å²) in [7, 11) is 0. The fraction of sp³-hybridized carbons (Fsp3) is 0.333. The van der Waals surface area contributed by atoms with Crippen molar-refractivity contribution in [3.8, 4) is 0 Å². The van der Waals surface area contributed by atoms with Crippen molar-refractivity contribution >= 4 is 5.82 Å². The lowest BCUT2D eigenvalue weighted by Crippen LogP contribution is -2.07. The standard InChI is InChI=1S/C12H16N4/c1-2-5-14-12-11(4-3-6-15-12)9-16-8-7-13-10-16/h3-4,6-8,10H,2,5,9H2,1H3,(H,14,15). The van der Waals surface area contributed by atoms with Gasteiger partial charge in [0.25, 0.3) is 0 Å². The number of hydrogen-bond acceptors (Lipinski definition) is 3. The summed E-state index contributed by atoms with van der Waals surface area (Å²) >= 11 is 0. The van der Waals surface area contributed by atoms with Crippen LogP contribution in [0.5, 0.6) is 0 Å². The van der Waals surface area contributed by atoms with E-state index in [4.69, 9.17) is 0 Å². The van der Waals surface area contributed by atoms with E-state index in [9.17, 15) is 0 Å². The molecule has 2 aromatic rings. The summed E-state index contributed by atoms with van der Waals surface area (Å²) in [5.41, 5.74) is 1.19. The molecule has 0 amide bonds. The first-order valence-electron chi connectivity index (χ1n) is 5.53. The molecule has 0 aliphatic heterocycles. The third-order valence-electron chi connectivity index (χ3n) is 2.35. The normalized spacial score (nSPS) is 10.3. The molecule has 2 heterocycles. The topological polar surface area (TPSA) is 42.7 Å². The van der Waals surface area contributed by atoms with Gasteiger partial charge in [-0.3, -0.25) is 0 Å². The first-order chi connectivity index (χ1) is 7.90. The summed E-state index contributed by atoms with van der Waals surface area (Å²) in [5.74, 6) is 0.970. The lowest BCUT2D eigenvalue weighted by molar-refractivity contribution is 0.792. The molecule has 0 unspecified atom stereocenters. The predicted octanol–water partition coefficient (Wildman–Crippen LogP) is 2.15. The molecule has 0 aromatic carbocycles. The van der Waals surface area contributed by atoms with Gasteiger partial charge in [-0.15, -0.1) is 0 Å². The second-order valence-corrected chi connectivity index (χ2v) is 3.67. The maximum Gasteiger partial charge on any atom is 0.130 e. The van der Waals surface area contributed by atoms with E-state index in [0.29, 0.717) is 0 Å². The van der Waals surface area contributed by atoms with Crippen LogP contribution in [0.4, 0.5) is 5.82 Å². The van der Waals surface area contributed by atoms with E-state index in [1.807, 2.05) is 29.4 Å². The summed E-state index contributed by atoms with van der Waals surface area (Å²) in [4.78, 5) is 8.38. The van der Waals surface area contributed by atoms with Gasteiger partial charge >= 0.3 is 0 Å². The van der Waals surface area contributed by atoms with E-state index in [2.05, 4.69) is 28.3 Å². The number of anilines is 1. The molecule has 0 aliphatic rings. The second kappa shape index (κ2) is 5.30. The molecule has 4 heteroatoms. The fourth-order valence-electron chi connectivity index (χ4n) is 1.55. The molecule has 0 atom stereocenters. The van der Waals surface area contributed by atoms with Gasteiger partial charge in [0.2, 0.25) is 0 Å². The number of nitrogens with zero attached hydrogens (tertiary/aromatic N) is 3. The van der Waals surface area contributed by atoms with Gasteiger partial charge in [-0.05, 0) is 12.5 Å². The lowest BCUT2D eigenvalue weighted by atomic mass is 10.2. The number of hydrogen-bond donors (Lipinski definition) is 1. The molecular formula is C12H16N4. The van der Waals surface area contributed by atoms with Crippen molar-refractivity contribution in [3.63, 3.8) is 0 Å². The van der Waals surface area contributed by atoms with Gasteiger partial charge in [0.05, 0.1) is 12.9 Å². The van der Waals surface area contributed by atoms with Crippen molar-refractivity contribution in [2.45, 2.75) is 19.9 Å². The first kappa shape index (κ1) is 10.7. The predicted molar refractivity (Wildman–Crippen MR) is 64.3 cm³/mol. The zero-order valence-corrected chi connectivity index (χ0v) is 9.43. The lowest BCUT2D eigenvalue weighted by Gasteiger charge is -2.10. The van der Waals surface area contributed by atoms with Crippen LogP contribution in [0.15, 0.2) is 37.1 Å². The van der Waals surface area contributed by atoms with Crippen LogP contribution >= 0.6 is 0 Å². The molecule has 0 saturated heterocycles. The van der Waals surface area contributed by atoms with Crippen molar-refractivity contribution in [2.24, 2.45) is 0 Å². The maximum absolute atomic E-state index is 4.35. The number of aromatic nitrogens is 3. The van der Waals surface area contributed by atoms with E-state index in [-0.39, 0.29) is 0 Å². The van der Waals surface area contributed by atoms with Crippen LogP contribution in [0.3, 0.4) is 0 Å². The average Bonchev–Trinajstić information content (AvgIpc) is 2.81. The molecule has 1 N–H and O–H groups in total. The van der Waals surface area contributed by atoms with Crippen molar-refractivity contribution in [2.75, 3.05) is 11.9 Å². The first-order valence-corrected chi connectivity index (χ1v) is 5.53. The Bertz CT molecular complexity index is 422. The van der Waals surface area contributed by atoms with E-state index >= 15 is 0 Å². The highest BCUT2D eigenvalue weighted by molar-refractivity contribution is 5.43. The van der Waals surface area contributed by atoms with Crippen LogP contribution in [0.25, 0.3) is 0 Å². The van der Waals surface area contributed by atoms with Crippen LogP contribution in [-0.2, 0) is 6.54 Å². The van der Waals surface area contributed by atoms with Crippen LogP contribution in [0.1, 0.15) is 18.9 Å². The third kappa shape index (κ3) is 2.59. The average molecular weight is 216 g/mol. The molecule has 16 heavy (non-hydrogen) atoms. The van der Waals surface area contributed by atoms with E-state index in [0.717, 1.165) is 25.3 Å². The monoisotopic (exact) mass is 216 g/mol. The highest BCUT2D eigenvalue weighted by atomic mass is 15.0. The van der Waals surface area contributed by atoms with Gasteiger partial charge in [0.1, 0.15) is 5.82 Å². The highest BCUT2D eigenvalue weighted by Crippen LogP contribution is 2.12. The molecule has 2 aromatic heterocycles. The van der Waals surface area contributed by atoms with Gasteiger partial charge in [-0.1, -0.05) is 13.0 Å². The van der Waals surface area contributed by atoms with Crippen LogP contribution < -0.4 is 5.32 Å². The van der Waals surface area contributed by atoms with Crippen molar-refractivity contribution in [1.29, 1.82) is 0 Å². The summed E-state index contributed by atoms with van der Waals surface area (Å²) in [6, 6.07) is 4.05. The Morgan fingerprint density at radius 3 is 3.06 bits per heavy atom. The van der Waals surface area contributed by atoms with E-state index < -0.39 is 0 Å². The Balaban J connectivity index is 2.13. The molecule has 84 valence electrons. The van der Waals surface area contributed by atoms with Crippen LogP contribution in [0, 0.1) is 0 Å². The van der Waals surface area contributed by atoms with Gasteiger partial charge in [0.15, 0.2) is 0 Å². The van der Waals surface area contributed by atoms with Gasteiger partial charge in [-0.2, -0.15) is 0 Å². The molecule has 0 spiro atoms. The van der Waals surface area contributed by atoms with Crippen molar-refractivity contribution in [3.05, 3.63) is 42.6 Å². The molecule has 0 radical (unpaired) electrons. The SMILES string of the molecule is CCCNc1ncccc1Cn1ccnc1. The summed E-state index contributed by atoms with van der Waals surface area (Å²) in [6.45, 7) is 3.90. The Morgan fingerprint density at radius 1 is 1.38 bits per heavy atom. The molecule has 4 nitrogen and oxygen atoms in total. The highest BCUT2D eigenvalue weighted by Gasteiger charge is 2.02. The number of nitrogens with one attached hydrogen (secondary N) is 1. The molecular weight excluding hydrogens is 200 g/mol. The Morgan fingerprint density at radius 2 is 2.31 bits per heavy atom. The molecule has 2 rings (SSSR count). The van der Waals surface area contributed by atoms with Crippen LogP contribution in [-0.4, -0.2) is 21.1 Å². The zero-order valence-electron chi connectivity index (χ0n) is 9.43. The Kier molecular flexibility index (Phi) is 3.53. The number of rotatable bonds is 5. The van der Waals surface area contributed by atoms with Crippen molar-refractivity contribution < 1.29 is 0 Å². The van der Waals surface area contributed by atoms with Crippen LogP contribution in [0.2, 0.25) is 0 Å². The summed E-state index contributed by atoms with van der Waals surface area (Å²) in [6.07, 6.45) is 8.47. The minimum absolute atomic E-state index is 0.805. The maximum atomic E-state index is 4.35. The smallest absolute Gasteiger partial charge is 0.130 e. The van der Waals surface area contributed by atoms with E-state index in [1.54, 1.807) is 6.20 Å². The quantitative estimate of drug-likeness (QED) is 0.832. The van der Waals surface area contributed by atoms with Gasteiger partial charge in [-0.25, -0.2) is 9.97 Å². The largest absolute Gasteiger partial charge is 0.370 e. The zero-order chi connectivity index (χ0) is 11.2.